The molecular formula is C50H63N9O10. The number of nitrogens with zero attached hydrogens (tertiary/aromatic N) is 1. The third kappa shape index (κ3) is 13.1. The van der Waals surface area contributed by atoms with Gasteiger partial charge in [-0.25, -0.2) is 4.79 Å². The second kappa shape index (κ2) is 23.3. The van der Waals surface area contributed by atoms with E-state index in [0.717, 1.165) is 21.8 Å². The van der Waals surface area contributed by atoms with Crippen LogP contribution in [0.1, 0.15) is 63.6 Å². The number of fused-ring (bicyclic) bond motifs is 2. The zero-order valence-corrected chi connectivity index (χ0v) is 39.1. The summed E-state index contributed by atoms with van der Waals surface area (Å²) in [7, 11) is 0. The Morgan fingerprint density at radius 2 is 1.16 bits per heavy atom. The molecule has 368 valence electrons. The van der Waals surface area contributed by atoms with Crippen LogP contribution in [-0.2, 0) is 52.8 Å². The van der Waals surface area contributed by atoms with Crippen molar-refractivity contribution in [1.29, 1.82) is 0 Å². The number of amides is 6. The lowest BCUT2D eigenvalue weighted by molar-refractivity contribution is -0.143. The standard InChI is InChI=1S/C50H63N9O10/c1-27(2)21-37(54-47(65)42(51)28(3)60)44(62)56-39(23-31-25-52-35-17-10-8-15-33(31)35)49(67)59-20-12-19-41(59)46(64)58-43(29(4)61)48(66)55-38(22-30-13-6-5-7-14-30)45(63)57-40(50(68)69)24-32-26-53-36-18-11-9-16-34(32)36/h5-11,13-18,25-29,37-43,52-53,60-61H,12,19-24,51H2,1-4H3,(H,54,65)(H,55,66)(H,56,62)(H,57,63)(H,58,64)(H,68,69)/t28-,29-,37+,38+,39+,40+,41+,42+,43+/m1/s1. The van der Waals surface area contributed by atoms with Crippen LogP contribution in [0.25, 0.3) is 21.8 Å². The van der Waals surface area contributed by atoms with Crippen LogP contribution in [0.3, 0.4) is 0 Å². The van der Waals surface area contributed by atoms with Gasteiger partial charge in [0.1, 0.15) is 42.3 Å². The predicted octanol–water partition coefficient (Wildman–Crippen LogP) is 1.31. The molecule has 0 aliphatic carbocycles. The van der Waals surface area contributed by atoms with Crippen molar-refractivity contribution in [2.75, 3.05) is 6.54 Å². The number of hydrogen-bond donors (Lipinski definition) is 11. The summed E-state index contributed by atoms with van der Waals surface area (Å²) in [6.07, 6.45) is 1.29. The van der Waals surface area contributed by atoms with Gasteiger partial charge in [-0.15, -0.1) is 0 Å². The van der Waals surface area contributed by atoms with Gasteiger partial charge in [0.15, 0.2) is 0 Å². The molecule has 1 fully saturated rings. The Bertz CT molecular complexity index is 2610. The van der Waals surface area contributed by atoms with Crippen LogP contribution in [0.4, 0.5) is 0 Å². The summed E-state index contributed by atoms with van der Waals surface area (Å²) in [6, 6.07) is 14.2. The Morgan fingerprint density at radius 1 is 0.638 bits per heavy atom. The highest BCUT2D eigenvalue weighted by atomic mass is 16.4. The van der Waals surface area contributed by atoms with Gasteiger partial charge in [-0.05, 0) is 67.9 Å². The number of nitrogens with one attached hydrogen (secondary N) is 7. The van der Waals surface area contributed by atoms with Gasteiger partial charge in [-0.3, -0.25) is 28.8 Å². The number of aliphatic carboxylic acids is 1. The maximum Gasteiger partial charge on any atom is 0.326 e. The zero-order valence-electron chi connectivity index (χ0n) is 39.1. The fourth-order valence-electron chi connectivity index (χ4n) is 8.65. The molecule has 0 spiro atoms. The van der Waals surface area contributed by atoms with Crippen LogP contribution < -0.4 is 32.3 Å². The number of hydrogen-bond acceptors (Lipinski definition) is 10. The van der Waals surface area contributed by atoms with Crippen molar-refractivity contribution in [1.82, 2.24) is 41.5 Å². The minimum absolute atomic E-state index is 0.0109. The van der Waals surface area contributed by atoms with Crippen LogP contribution in [0.15, 0.2) is 91.3 Å². The summed E-state index contributed by atoms with van der Waals surface area (Å²) in [5, 5.41) is 46.0. The van der Waals surface area contributed by atoms with Crippen molar-refractivity contribution < 1.29 is 48.9 Å². The average molecular weight is 950 g/mol. The highest BCUT2D eigenvalue weighted by molar-refractivity contribution is 5.98. The number of carboxylic acids is 1. The number of carboxylic acid groups (broad SMARTS) is 1. The summed E-state index contributed by atoms with van der Waals surface area (Å²) >= 11 is 0. The number of aliphatic hydroxyl groups is 2. The van der Waals surface area contributed by atoms with Crippen LogP contribution >= 0.6 is 0 Å². The maximum absolute atomic E-state index is 14.7. The molecule has 6 rings (SSSR count). The molecule has 0 saturated carbocycles. The topological polar surface area (TPSA) is 301 Å². The second-order valence-electron chi connectivity index (χ2n) is 18.2. The number of carbonyl (C=O) groups excluding carboxylic acids is 6. The molecule has 0 unspecified atom stereocenters. The minimum atomic E-state index is -1.63. The van der Waals surface area contributed by atoms with Gasteiger partial charge in [-0.1, -0.05) is 80.6 Å². The first-order chi connectivity index (χ1) is 32.9. The highest BCUT2D eigenvalue weighted by Gasteiger charge is 2.41. The second-order valence-corrected chi connectivity index (χ2v) is 18.2. The van der Waals surface area contributed by atoms with Crippen molar-refractivity contribution in [2.24, 2.45) is 11.7 Å². The summed E-state index contributed by atoms with van der Waals surface area (Å²) in [6.45, 7) is 6.45. The Hall–Kier alpha value is -7.09. The Morgan fingerprint density at radius 3 is 1.72 bits per heavy atom. The SMILES string of the molecule is CC(C)C[C@H](NC(=O)[C@@H](N)[C@@H](C)O)C(=O)N[C@@H](Cc1c[nH]c2ccccc12)C(=O)N1CCC[C@H]1C(=O)N[C@H](C(=O)N[C@@H](Cc1ccccc1)C(=O)N[C@@H](Cc1c[nH]c2ccccc12)C(=O)O)[C@@H](C)O. The molecule has 9 atom stereocenters. The number of aliphatic hydroxyl groups excluding tert-OH is 2. The lowest BCUT2D eigenvalue weighted by atomic mass is 9.99. The summed E-state index contributed by atoms with van der Waals surface area (Å²) in [5.41, 5.74) is 9.45. The largest absolute Gasteiger partial charge is 0.480 e. The number of carbonyl (C=O) groups is 7. The van der Waals surface area contributed by atoms with E-state index in [1.54, 1.807) is 42.7 Å². The molecule has 2 aromatic heterocycles. The monoisotopic (exact) mass is 949 g/mol. The van der Waals surface area contributed by atoms with Crippen molar-refractivity contribution in [3.8, 4) is 0 Å². The van der Waals surface area contributed by atoms with Crippen LogP contribution in [-0.4, -0.2) is 133 Å². The maximum atomic E-state index is 14.7. The van der Waals surface area contributed by atoms with Crippen molar-refractivity contribution in [3.05, 3.63) is 108 Å². The number of aromatic amines is 2. The van der Waals surface area contributed by atoms with E-state index in [1.165, 1.54) is 18.7 Å². The van der Waals surface area contributed by atoms with Gasteiger partial charge in [-0.2, -0.15) is 0 Å². The fourth-order valence-corrected chi connectivity index (χ4v) is 8.65. The van der Waals surface area contributed by atoms with E-state index in [4.69, 9.17) is 5.73 Å². The number of likely N-dealkylation sites (tertiary alicyclic amines) is 1. The Labute approximate surface area is 399 Å². The molecule has 3 aromatic carbocycles. The van der Waals surface area contributed by atoms with E-state index in [-0.39, 0.29) is 44.6 Å². The normalized spacial score (nSPS) is 17.2. The zero-order chi connectivity index (χ0) is 49.9. The molecule has 0 bridgehead atoms. The lowest BCUT2D eigenvalue weighted by Crippen LogP contribution is -2.61. The molecule has 1 saturated heterocycles. The van der Waals surface area contributed by atoms with E-state index >= 15 is 0 Å². The van der Waals surface area contributed by atoms with Crippen molar-refractivity contribution in [2.45, 2.75) is 121 Å². The highest BCUT2D eigenvalue weighted by Crippen LogP contribution is 2.24. The molecule has 1 aliphatic heterocycles. The van der Waals surface area contributed by atoms with Crippen LogP contribution in [0.5, 0.6) is 0 Å². The Balaban J connectivity index is 1.20. The number of rotatable bonds is 22. The smallest absolute Gasteiger partial charge is 0.326 e. The lowest BCUT2D eigenvalue weighted by Gasteiger charge is -2.31. The van der Waals surface area contributed by atoms with E-state index in [9.17, 15) is 48.9 Å². The first-order valence-corrected chi connectivity index (χ1v) is 23.2. The number of H-pyrrole nitrogens is 2. The molecule has 1 aliphatic rings. The molecule has 19 heteroatoms. The molecule has 0 radical (unpaired) electrons. The third-order valence-electron chi connectivity index (χ3n) is 12.4. The van der Waals surface area contributed by atoms with Gasteiger partial charge in [0.2, 0.25) is 35.4 Å². The van der Waals surface area contributed by atoms with E-state index in [2.05, 4.69) is 36.6 Å². The van der Waals surface area contributed by atoms with Gasteiger partial charge in [0.25, 0.3) is 0 Å². The third-order valence-corrected chi connectivity index (χ3v) is 12.4. The van der Waals surface area contributed by atoms with Crippen LogP contribution in [0, 0.1) is 5.92 Å². The molecule has 69 heavy (non-hydrogen) atoms. The summed E-state index contributed by atoms with van der Waals surface area (Å²) < 4.78 is 0. The van der Waals surface area contributed by atoms with Gasteiger partial charge >= 0.3 is 5.97 Å². The fraction of sp³-hybridized carbons (Fsp3) is 0.420. The minimum Gasteiger partial charge on any atom is -0.480 e. The van der Waals surface area contributed by atoms with Crippen LogP contribution in [0.2, 0.25) is 0 Å². The first-order valence-electron chi connectivity index (χ1n) is 23.2. The molecule has 19 nitrogen and oxygen atoms in total. The summed E-state index contributed by atoms with van der Waals surface area (Å²) in [5.74, 6) is -5.95. The Kier molecular flexibility index (Phi) is 17.3. The molecule has 3 heterocycles. The van der Waals surface area contributed by atoms with Crippen molar-refractivity contribution in [3.63, 3.8) is 0 Å². The van der Waals surface area contributed by atoms with Gasteiger partial charge in [0.05, 0.1) is 12.2 Å². The first kappa shape index (κ1) is 51.3. The molecule has 12 N–H and O–H groups in total. The van der Waals surface area contributed by atoms with Gasteiger partial charge < -0.3 is 62.5 Å². The van der Waals surface area contributed by atoms with Gasteiger partial charge in [0, 0.05) is 60.0 Å². The summed E-state index contributed by atoms with van der Waals surface area (Å²) in [4.78, 5) is 104. The van der Waals surface area contributed by atoms with E-state index in [0.29, 0.717) is 23.1 Å². The predicted molar refractivity (Wildman–Crippen MR) is 257 cm³/mol. The van der Waals surface area contributed by atoms with Crippen molar-refractivity contribution >= 4 is 63.2 Å². The van der Waals surface area contributed by atoms with E-state index in [1.807, 2.05) is 62.4 Å². The number of aromatic nitrogens is 2. The van der Waals surface area contributed by atoms with E-state index < -0.39 is 95.9 Å². The molecule has 5 aromatic rings. The number of benzene rings is 3. The average Bonchev–Trinajstić information content (AvgIpc) is 4.08. The molecule has 6 amide bonds. The molecular weight excluding hydrogens is 887 g/mol. The number of nitrogens with two attached hydrogens (primary N) is 1. The number of para-hydroxylation sites is 2. The quantitative estimate of drug-likeness (QED) is 0.0470.